The van der Waals surface area contributed by atoms with Crippen LogP contribution in [0.15, 0.2) is 36.4 Å². The van der Waals surface area contributed by atoms with Gasteiger partial charge in [0.25, 0.3) is 5.91 Å². The molecule has 1 aromatic heterocycles. The van der Waals surface area contributed by atoms with E-state index in [-0.39, 0.29) is 5.91 Å². The van der Waals surface area contributed by atoms with Gasteiger partial charge in [0.15, 0.2) is 0 Å². The first-order chi connectivity index (χ1) is 11.6. The number of aryl methyl sites for hydroxylation is 1. The van der Waals surface area contributed by atoms with Crippen LogP contribution >= 0.6 is 0 Å². The molecule has 4 heteroatoms. The van der Waals surface area contributed by atoms with Crippen LogP contribution in [-0.4, -0.2) is 34.1 Å². The van der Waals surface area contributed by atoms with E-state index in [1.807, 2.05) is 11.0 Å². The first kappa shape index (κ1) is 16.7. The van der Waals surface area contributed by atoms with Crippen molar-refractivity contribution >= 4 is 5.91 Å². The Morgan fingerprint density at radius 3 is 2.83 bits per heavy atom. The predicted octanol–water partition coefficient (Wildman–Crippen LogP) is 4.02. The molecule has 128 valence electrons. The number of nitrogens with one attached hydrogen (secondary N) is 1. The van der Waals surface area contributed by atoms with Crippen molar-refractivity contribution in [1.82, 2.24) is 15.1 Å². The molecule has 1 unspecified atom stereocenters. The largest absolute Gasteiger partial charge is 0.337 e. The van der Waals surface area contributed by atoms with Crippen LogP contribution in [0.3, 0.4) is 0 Å². The topological polar surface area (TPSA) is 49.0 Å². The van der Waals surface area contributed by atoms with E-state index >= 15 is 0 Å². The highest BCUT2D eigenvalue weighted by molar-refractivity contribution is 5.92. The number of hydrogen-bond acceptors (Lipinski definition) is 2. The van der Waals surface area contributed by atoms with Crippen molar-refractivity contribution in [2.45, 2.75) is 45.4 Å². The Hall–Kier alpha value is -2.10. The third-order valence-electron chi connectivity index (χ3n) is 4.93. The molecular weight excluding hydrogens is 298 g/mol. The second kappa shape index (κ2) is 7.65. The van der Waals surface area contributed by atoms with E-state index in [1.54, 1.807) is 0 Å². The fraction of sp³-hybridized carbons (Fsp3) is 0.500. The number of hydrogen-bond donors (Lipinski definition) is 1. The van der Waals surface area contributed by atoms with Gasteiger partial charge in [-0.15, -0.1) is 0 Å². The van der Waals surface area contributed by atoms with Gasteiger partial charge in [0.2, 0.25) is 0 Å². The third-order valence-corrected chi connectivity index (χ3v) is 4.93. The molecule has 1 saturated heterocycles. The summed E-state index contributed by atoms with van der Waals surface area (Å²) in [5.41, 5.74) is 2.97. The highest BCUT2D eigenvalue weighted by atomic mass is 16.2. The van der Waals surface area contributed by atoms with Crippen molar-refractivity contribution in [3.05, 3.63) is 53.3 Å². The van der Waals surface area contributed by atoms with Gasteiger partial charge in [0.1, 0.15) is 5.69 Å². The highest BCUT2D eigenvalue weighted by Crippen LogP contribution is 2.23. The molecule has 0 bridgehead atoms. The summed E-state index contributed by atoms with van der Waals surface area (Å²) in [5, 5.41) is 7.20. The Kier molecular flexibility index (Phi) is 5.34. The van der Waals surface area contributed by atoms with Crippen LogP contribution in [0.5, 0.6) is 0 Å². The molecule has 1 amide bonds. The lowest BCUT2D eigenvalue weighted by molar-refractivity contribution is 0.0662. The summed E-state index contributed by atoms with van der Waals surface area (Å²) in [6.07, 6.45) is 4.54. The van der Waals surface area contributed by atoms with Gasteiger partial charge in [-0.05, 0) is 49.1 Å². The summed E-state index contributed by atoms with van der Waals surface area (Å²) in [7, 11) is 0. The van der Waals surface area contributed by atoms with E-state index in [4.69, 9.17) is 0 Å². The Morgan fingerprint density at radius 2 is 2.12 bits per heavy atom. The van der Waals surface area contributed by atoms with Gasteiger partial charge in [0.05, 0.1) is 0 Å². The maximum atomic E-state index is 12.7. The molecule has 0 saturated carbocycles. The van der Waals surface area contributed by atoms with Crippen molar-refractivity contribution in [2.75, 3.05) is 13.1 Å². The molecule has 1 aromatic carbocycles. The first-order valence-corrected chi connectivity index (χ1v) is 9.02. The molecule has 1 fully saturated rings. The normalized spacial score (nSPS) is 18.1. The molecule has 3 rings (SSSR count). The lowest BCUT2D eigenvalue weighted by Gasteiger charge is -2.32. The number of H-pyrrole nitrogens is 1. The van der Waals surface area contributed by atoms with E-state index < -0.39 is 0 Å². The monoisotopic (exact) mass is 325 g/mol. The van der Waals surface area contributed by atoms with Gasteiger partial charge in [-0.1, -0.05) is 44.2 Å². The van der Waals surface area contributed by atoms with Crippen molar-refractivity contribution in [2.24, 2.45) is 5.92 Å². The van der Waals surface area contributed by atoms with Gasteiger partial charge in [-0.25, -0.2) is 0 Å². The Morgan fingerprint density at radius 1 is 1.33 bits per heavy atom. The van der Waals surface area contributed by atoms with Crippen LogP contribution in [0.1, 0.15) is 60.8 Å². The minimum absolute atomic E-state index is 0.0718. The molecular formula is C20H27N3O. The lowest BCUT2D eigenvalue weighted by Crippen LogP contribution is -2.40. The maximum Gasteiger partial charge on any atom is 0.274 e. The molecule has 1 atom stereocenters. The second-order valence-electron chi connectivity index (χ2n) is 7.15. The van der Waals surface area contributed by atoms with E-state index in [0.29, 0.717) is 17.5 Å². The predicted molar refractivity (Wildman–Crippen MR) is 96.1 cm³/mol. The second-order valence-corrected chi connectivity index (χ2v) is 7.15. The van der Waals surface area contributed by atoms with Crippen molar-refractivity contribution in [1.29, 1.82) is 0 Å². The van der Waals surface area contributed by atoms with Crippen LogP contribution in [-0.2, 0) is 6.42 Å². The zero-order valence-electron chi connectivity index (χ0n) is 14.7. The van der Waals surface area contributed by atoms with Gasteiger partial charge < -0.3 is 4.90 Å². The zero-order chi connectivity index (χ0) is 16.9. The number of aromatic amines is 1. The zero-order valence-corrected chi connectivity index (χ0v) is 14.7. The van der Waals surface area contributed by atoms with Crippen molar-refractivity contribution in [3.8, 4) is 0 Å². The van der Waals surface area contributed by atoms with Gasteiger partial charge in [-0.2, -0.15) is 5.10 Å². The van der Waals surface area contributed by atoms with Gasteiger partial charge >= 0.3 is 0 Å². The number of amides is 1. The van der Waals surface area contributed by atoms with E-state index in [0.717, 1.165) is 38.0 Å². The fourth-order valence-electron chi connectivity index (χ4n) is 3.40. The van der Waals surface area contributed by atoms with Crippen LogP contribution < -0.4 is 0 Å². The summed E-state index contributed by atoms with van der Waals surface area (Å²) in [4.78, 5) is 14.7. The van der Waals surface area contributed by atoms with Crippen LogP contribution in [0.25, 0.3) is 0 Å². The van der Waals surface area contributed by atoms with Crippen LogP contribution in [0.2, 0.25) is 0 Å². The molecule has 0 aliphatic carbocycles. The number of carbonyl (C=O) groups excluding carboxylic acids is 1. The van der Waals surface area contributed by atoms with E-state index in [2.05, 4.69) is 54.4 Å². The first-order valence-electron chi connectivity index (χ1n) is 9.02. The number of piperidine rings is 1. The molecule has 24 heavy (non-hydrogen) atoms. The summed E-state index contributed by atoms with van der Waals surface area (Å²) < 4.78 is 0. The molecule has 0 radical (unpaired) electrons. The Labute approximate surface area is 144 Å². The van der Waals surface area contributed by atoms with Gasteiger partial charge in [-0.3, -0.25) is 9.89 Å². The highest BCUT2D eigenvalue weighted by Gasteiger charge is 2.26. The standard InChI is InChI=1S/C20H27N3O/c1-15(2)18-13-19(22-21-18)20(24)23-12-6-9-17(14-23)11-10-16-7-4-3-5-8-16/h3-5,7-8,13,15,17H,6,9-12,14H2,1-2H3,(H,21,22). The smallest absolute Gasteiger partial charge is 0.274 e. The van der Waals surface area contributed by atoms with Crippen LogP contribution in [0, 0.1) is 5.92 Å². The SMILES string of the molecule is CC(C)c1cc(C(=O)N2CCCC(CCc3ccccc3)C2)n[nH]1. The van der Waals surface area contributed by atoms with E-state index in [9.17, 15) is 4.79 Å². The summed E-state index contributed by atoms with van der Waals surface area (Å²) >= 11 is 0. The number of nitrogens with zero attached hydrogens (tertiary/aromatic N) is 2. The molecule has 1 aliphatic heterocycles. The minimum Gasteiger partial charge on any atom is -0.337 e. The number of carbonyl (C=O) groups is 1. The summed E-state index contributed by atoms with van der Waals surface area (Å²) in [6.45, 7) is 5.91. The fourth-order valence-corrected chi connectivity index (χ4v) is 3.40. The number of rotatable bonds is 5. The molecule has 1 N–H and O–H groups in total. The Bertz CT molecular complexity index is 663. The molecule has 2 aromatic rings. The van der Waals surface area contributed by atoms with Crippen LogP contribution in [0.4, 0.5) is 0 Å². The molecule has 2 heterocycles. The van der Waals surface area contributed by atoms with Crippen molar-refractivity contribution < 1.29 is 4.79 Å². The minimum atomic E-state index is 0.0718. The number of aromatic nitrogens is 2. The quantitative estimate of drug-likeness (QED) is 0.902. The van der Waals surface area contributed by atoms with Crippen molar-refractivity contribution in [3.63, 3.8) is 0 Å². The number of benzene rings is 1. The molecule has 0 spiro atoms. The lowest BCUT2D eigenvalue weighted by atomic mass is 9.91. The third kappa shape index (κ3) is 4.05. The van der Waals surface area contributed by atoms with Gasteiger partial charge in [0, 0.05) is 18.8 Å². The molecule has 4 nitrogen and oxygen atoms in total. The average Bonchev–Trinajstić information content (AvgIpc) is 3.11. The summed E-state index contributed by atoms with van der Waals surface area (Å²) in [5.74, 6) is 1.02. The molecule has 1 aliphatic rings. The Balaban J connectivity index is 1.57. The average molecular weight is 325 g/mol. The maximum absolute atomic E-state index is 12.7. The number of likely N-dealkylation sites (tertiary alicyclic amines) is 1. The summed E-state index contributed by atoms with van der Waals surface area (Å²) in [6, 6.07) is 12.5. The van der Waals surface area contributed by atoms with E-state index in [1.165, 1.54) is 12.0 Å².